The number of rotatable bonds is 4. The summed E-state index contributed by atoms with van der Waals surface area (Å²) in [4.78, 5) is 15.4. The zero-order valence-corrected chi connectivity index (χ0v) is 18.3. The van der Waals surface area contributed by atoms with Crippen molar-refractivity contribution in [3.63, 3.8) is 0 Å². The lowest BCUT2D eigenvalue weighted by Gasteiger charge is -2.41. The van der Waals surface area contributed by atoms with Crippen LogP contribution in [0.1, 0.15) is 26.7 Å². The van der Waals surface area contributed by atoms with Gasteiger partial charge in [-0.15, -0.1) is 0 Å². The maximum atomic E-state index is 6.40. The van der Waals surface area contributed by atoms with Crippen LogP contribution < -0.4 is 17.2 Å². The molecule has 2 aliphatic rings. The van der Waals surface area contributed by atoms with Crippen LogP contribution >= 0.6 is 23.4 Å². The molecule has 0 aromatic carbocycles. The third kappa shape index (κ3) is 4.53. The maximum Gasteiger partial charge on any atom is 0.158 e. The number of amidine groups is 1. The molecule has 0 radical (unpaired) electrons. The van der Waals surface area contributed by atoms with E-state index in [1.807, 2.05) is 13.8 Å². The van der Waals surface area contributed by atoms with Crippen LogP contribution in [0.25, 0.3) is 0 Å². The van der Waals surface area contributed by atoms with Gasteiger partial charge in [-0.1, -0.05) is 23.4 Å². The van der Waals surface area contributed by atoms with Crippen molar-refractivity contribution in [2.75, 3.05) is 25.4 Å². The normalized spacial score (nSPS) is 25.2. The lowest BCUT2D eigenvalue weighted by atomic mass is 9.73. The molecule has 0 amide bonds. The number of anilines is 1. The van der Waals surface area contributed by atoms with Gasteiger partial charge in [-0.25, -0.2) is 9.98 Å². The maximum absolute atomic E-state index is 6.40. The Labute approximate surface area is 180 Å². The first-order valence-corrected chi connectivity index (χ1v) is 10.7. The molecular weight excluding hydrogens is 410 g/mol. The molecule has 2 fully saturated rings. The van der Waals surface area contributed by atoms with E-state index in [4.69, 9.17) is 33.5 Å². The summed E-state index contributed by atoms with van der Waals surface area (Å²) in [6.07, 6.45) is 3.64. The van der Waals surface area contributed by atoms with Crippen LogP contribution in [0.4, 0.5) is 5.82 Å². The summed E-state index contributed by atoms with van der Waals surface area (Å²) in [5, 5.41) is 0.822. The van der Waals surface area contributed by atoms with Gasteiger partial charge in [-0.2, -0.15) is 0 Å². The van der Waals surface area contributed by atoms with Gasteiger partial charge in [0.1, 0.15) is 16.7 Å². The molecule has 2 saturated heterocycles. The van der Waals surface area contributed by atoms with Crippen LogP contribution in [0.2, 0.25) is 5.02 Å². The minimum Gasteiger partial charge on any atom is -0.382 e. The fourth-order valence-electron chi connectivity index (χ4n) is 3.83. The zero-order chi connectivity index (χ0) is 21.2. The first-order valence-electron chi connectivity index (χ1n) is 9.49. The van der Waals surface area contributed by atoms with Gasteiger partial charge in [0.05, 0.1) is 17.7 Å². The molecule has 2 atom stereocenters. The molecule has 10 heteroatoms. The van der Waals surface area contributed by atoms with E-state index in [1.165, 1.54) is 11.8 Å². The molecule has 0 bridgehead atoms. The van der Waals surface area contributed by atoms with Gasteiger partial charge in [-0.05, 0) is 39.5 Å². The molecule has 1 spiro atoms. The second-order valence-corrected chi connectivity index (χ2v) is 8.92. The Bertz CT molecular complexity index is 836. The molecule has 3 heterocycles. The van der Waals surface area contributed by atoms with E-state index in [2.05, 4.69) is 26.6 Å². The number of ether oxygens (including phenoxy) is 1. The Balaban J connectivity index is 1.71. The third-order valence-electron chi connectivity index (χ3n) is 5.80. The predicted octanol–water partition coefficient (Wildman–Crippen LogP) is 2.44. The summed E-state index contributed by atoms with van der Waals surface area (Å²) in [5.74, 6) is 1.37. The minimum atomic E-state index is 0.0687. The second kappa shape index (κ2) is 8.91. The molecule has 1 aromatic heterocycles. The number of hydrogen-bond donors (Lipinski definition) is 3. The minimum absolute atomic E-state index is 0.0687. The van der Waals surface area contributed by atoms with Gasteiger partial charge in [-0.3, -0.25) is 4.99 Å². The number of nitrogens with two attached hydrogens (primary N) is 3. The average molecular weight is 438 g/mol. The molecule has 0 saturated carbocycles. The first-order chi connectivity index (χ1) is 13.8. The first kappa shape index (κ1) is 21.9. The summed E-state index contributed by atoms with van der Waals surface area (Å²) >= 11 is 7.47. The van der Waals surface area contributed by atoms with Crippen LogP contribution in [-0.2, 0) is 4.74 Å². The fraction of sp³-hybridized carbons (Fsp3) is 0.526. The summed E-state index contributed by atoms with van der Waals surface area (Å²) in [7, 11) is 0. The van der Waals surface area contributed by atoms with E-state index in [0.29, 0.717) is 14.9 Å². The van der Waals surface area contributed by atoms with Gasteiger partial charge in [0.25, 0.3) is 0 Å². The highest BCUT2D eigenvalue weighted by atomic mass is 35.5. The molecule has 0 unspecified atom stereocenters. The highest BCUT2D eigenvalue weighted by molar-refractivity contribution is 8.03. The summed E-state index contributed by atoms with van der Waals surface area (Å²) < 4.78 is 5.79. The number of hydrogen-bond acceptors (Lipinski definition) is 8. The molecule has 2 aliphatic heterocycles. The lowest BCUT2D eigenvalue weighted by molar-refractivity contribution is 0.0838. The summed E-state index contributed by atoms with van der Waals surface area (Å²) in [6, 6.07) is 1.83. The number of nitrogen functional groups attached to an aromatic ring is 1. The molecule has 29 heavy (non-hydrogen) atoms. The van der Waals surface area contributed by atoms with E-state index < -0.39 is 0 Å². The van der Waals surface area contributed by atoms with Crippen molar-refractivity contribution in [2.24, 2.45) is 26.9 Å². The number of aromatic nitrogens is 1. The Morgan fingerprint density at radius 1 is 1.45 bits per heavy atom. The van der Waals surface area contributed by atoms with Gasteiger partial charge in [0.2, 0.25) is 0 Å². The Morgan fingerprint density at radius 3 is 2.72 bits per heavy atom. The Morgan fingerprint density at radius 2 is 2.14 bits per heavy atom. The van der Waals surface area contributed by atoms with Crippen molar-refractivity contribution >= 4 is 41.7 Å². The molecule has 1 aromatic rings. The molecule has 8 nitrogen and oxygen atoms in total. The number of likely N-dealkylation sites (tertiary alicyclic amines) is 1. The molecule has 6 N–H and O–H groups in total. The van der Waals surface area contributed by atoms with Gasteiger partial charge < -0.3 is 26.8 Å². The smallest absolute Gasteiger partial charge is 0.158 e. The van der Waals surface area contributed by atoms with Crippen LogP contribution in [0.5, 0.6) is 0 Å². The second-order valence-electron chi connectivity index (χ2n) is 7.51. The number of pyridine rings is 1. The number of thioether (sulfide) groups is 1. The average Bonchev–Trinajstić information content (AvgIpc) is 2.98. The topological polar surface area (TPSA) is 128 Å². The van der Waals surface area contributed by atoms with E-state index in [1.54, 1.807) is 12.3 Å². The molecular formula is C19H28ClN7OS. The number of piperidine rings is 1. The molecule has 0 aliphatic carbocycles. The Kier molecular flexibility index (Phi) is 6.72. The standard InChI is InChI=1S/C19H28ClN7OS/c1-11-15(21)19(10-28-11)5-8-27(9-6-19)12(2)26-17(23)18(24-3)29-13-4-7-25-16(22)14(13)20/h4,7,11,15H,3,5-6,8-10,21,23H2,1-2H3,(H2,22,25)/b18-17+,26-12?/t11-,15-/m1/s1. The van der Waals surface area contributed by atoms with E-state index in [-0.39, 0.29) is 29.2 Å². The van der Waals surface area contributed by atoms with Crippen LogP contribution in [0.15, 0.2) is 38.0 Å². The lowest BCUT2D eigenvalue weighted by Crippen LogP contribution is -2.51. The van der Waals surface area contributed by atoms with Crippen molar-refractivity contribution in [3.8, 4) is 0 Å². The fourth-order valence-corrected chi connectivity index (χ4v) is 4.80. The number of aliphatic imine (C=N–C) groups is 2. The zero-order valence-electron chi connectivity index (χ0n) is 16.8. The largest absolute Gasteiger partial charge is 0.382 e. The van der Waals surface area contributed by atoms with Crippen molar-refractivity contribution in [2.45, 2.75) is 43.7 Å². The van der Waals surface area contributed by atoms with Crippen LogP contribution in [0.3, 0.4) is 0 Å². The molecule has 158 valence electrons. The van der Waals surface area contributed by atoms with Crippen molar-refractivity contribution in [1.29, 1.82) is 0 Å². The number of nitrogens with zero attached hydrogens (tertiary/aromatic N) is 4. The third-order valence-corrected chi connectivity index (χ3v) is 7.40. The van der Waals surface area contributed by atoms with Gasteiger partial charge in [0.15, 0.2) is 5.82 Å². The highest BCUT2D eigenvalue weighted by Gasteiger charge is 2.47. The molecule has 3 rings (SSSR count). The van der Waals surface area contributed by atoms with E-state index in [0.717, 1.165) is 38.4 Å². The van der Waals surface area contributed by atoms with E-state index in [9.17, 15) is 0 Å². The monoisotopic (exact) mass is 437 g/mol. The quantitative estimate of drug-likeness (QED) is 0.374. The predicted molar refractivity (Wildman–Crippen MR) is 120 cm³/mol. The SMILES string of the molecule is C=N/C(Sc1ccnc(N)c1Cl)=C(/N)N=C(C)N1CCC2(CC1)CO[C@H](C)[C@H]2N. The van der Waals surface area contributed by atoms with Gasteiger partial charge >= 0.3 is 0 Å². The van der Waals surface area contributed by atoms with Gasteiger partial charge in [0, 0.05) is 35.6 Å². The van der Waals surface area contributed by atoms with Crippen LogP contribution in [0, 0.1) is 5.41 Å². The van der Waals surface area contributed by atoms with Crippen molar-refractivity contribution < 1.29 is 4.74 Å². The summed E-state index contributed by atoms with van der Waals surface area (Å²) in [6.45, 7) is 10.1. The number of halogens is 1. The van der Waals surface area contributed by atoms with Crippen molar-refractivity contribution in [3.05, 3.63) is 28.1 Å². The Hall–Kier alpha value is -1.81. The van der Waals surface area contributed by atoms with E-state index >= 15 is 0 Å². The summed E-state index contributed by atoms with van der Waals surface area (Å²) in [5.41, 5.74) is 18.4. The highest BCUT2D eigenvalue weighted by Crippen LogP contribution is 2.41. The van der Waals surface area contributed by atoms with Crippen molar-refractivity contribution in [1.82, 2.24) is 9.88 Å². The van der Waals surface area contributed by atoms with Crippen LogP contribution in [-0.4, -0.2) is 54.3 Å².